The number of fused-ring (bicyclic) bond motifs is 8. The lowest BCUT2D eigenvalue weighted by Gasteiger charge is -2.33. The van der Waals surface area contributed by atoms with E-state index in [2.05, 4.69) is 81.4 Å². The summed E-state index contributed by atoms with van der Waals surface area (Å²) in [7, 11) is 0. The first-order chi connectivity index (χ1) is 18.3. The van der Waals surface area contributed by atoms with Gasteiger partial charge in [-0.15, -0.1) is 0 Å². The van der Waals surface area contributed by atoms with Crippen LogP contribution in [0.1, 0.15) is 32.6 Å². The zero-order chi connectivity index (χ0) is 24.8. The standard InChI is InChI=1S/C31H27N5S/c1-2-3-4-7-18-36-23-12-5-6-13-25(23)37-26-19-20(14-15-24(26)36)31-34-29-21-10-8-16-32-27(21)28-22(30(29)35-31)11-9-17-33-28/h5-6,8-17,19H,2-4,7,18H2,1H3,(H,34,35). The van der Waals surface area contributed by atoms with Crippen molar-refractivity contribution in [3.8, 4) is 11.4 Å². The Morgan fingerprint density at radius 3 is 2.41 bits per heavy atom. The minimum Gasteiger partial charge on any atom is -0.340 e. The Kier molecular flexibility index (Phi) is 5.55. The minimum atomic E-state index is 0.869. The largest absolute Gasteiger partial charge is 0.340 e. The van der Waals surface area contributed by atoms with Gasteiger partial charge in [0.05, 0.1) is 33.4 Å². The highest BCUT2D eigenvalue weighted by Crippen LogP contribution is 2.49. The van der Waals surface area contributed by atoms with E-state index < -0.39 is 0 Å². The van der Waals surface area contributed by atoms with Crippen LogP contribution in [0.5, 0.6) is 0 Å². The smallest absolute Gasteiger partial charge is 0.138 e. The van der Waals surface area contributed by atoms with Gasteiger partial charge in [-0.25, -0.2) is 4.98 Å². The minimum absolute atomic E-state index is 0.869. The van der Waals surface area contributed by atoms with Gasteiger partial charge in [-0.3, -0.25) is 9.97 Å². The monoisotopic (exact) mass is 501 g/mol. The van der Waals surface area contributed by atoms with Gasteiger partial charge in [-0.05, 0) is 61.0 Å². The first-order valence-corrected chi connectivity index (χ1v) is 13.8. The molecule has 37 heavy (non-hydrogen) atoms. The van der Waals surface area contributed by atoms with Crippen molar-refractivity contribution >= 4 is 56.0 Å². The molecule has 0 aliphatic carbocycles. The molecule has 0 saturated carbocycles. The van der Waals surface area contributed by atoms with E-state index in [1.165, 1.54) is 46.8 Å². The molecular formula is C31H27N5S. The summed E-state index contributed by atoms with van der Waals surface area (Å²) in [5, 5.41) is 2.06. The summed E-state index contributed by atoms with van der Waals surface area (Å²) in [5.41, 5.74) is 7.41. The summed E-state index contributed by atoms with van der Waals surface area (Å²) < 4.78 is 0. The number of nitrogens with one attached hydrogen (secondary N) is 1. The Balaban J connectivity index is 1.34. The molecule has 0 spiro atoms. The number of H-pyrrole nitrogens is 1. The maximum absolute atomic E-state index is 5.10. The molecule has 6 heteroatoms. The molecular weight excluding hydrogens is 474 g/mol. The van der Waals surface area contributed by atoms with Crippen molar-refractivity contribution in [2.24, 2.45) is 0 Å². The van der Waals surface area contributed by atoms with Crippen LogP contribution >= 0.6 is 11.8 Å². The van der Waals surface area contributed by atoms with Gasteiger partial charge in [0.15, 0.2) is 0 Å². The molecule has 0 unspecified atom stereocenters. The van der Waals surface area contributed by atoms with Crippen molar-refractivity contribution in [2.45, 2.75) is 42.4 Å². The maximum Gasteiger partial charge on any atom is 0.138 e. The predicted octanol–water partition coefficient (Wildman–Crippen LogP) is 8.51. The Hall–Kier alpha value is -3.90. The second kappa shape index (κ2) is 9.20. The van der Waals surface area contributed by atoms with E-state index >= 15 is 0 Å². The molecule has 5 nitrogen and oxygen atoms in total. The molecule has 3 aromatic heterocycles. The fourth-order valence-corrected chi connectivity index (χ4v) is 6.53. The van der Waals surface area contributed by atoms with Crippen molar-refractivity contribution in [2.75, 3.05) is 11.4 Å². The average Bonchev–Trinajstić information content (AvgIpc) is 3.41. The van der Waals surface area contributed by atoms with Gasteiger partial charge < -0.3 is 9.88 Å². The highest BCUT2D eigenvalue weighted by atomic mass is 32.2. The first-order valence-electron chi connectivity index (χ1n) is 13.0. The zero-order valence-corrected chi connectivity index (χ0v) is 21.6. The summed E-state index contributed by atoms with van der Waals surface area (Å²) in [6.07, 6.45) is 8.64. The van der Waals surface area contributed by atoms with Gasteiger partial charge in [0.1, 0.15) is 5.82 Å². The fourth-order valence-electron chi connectivity index (χ4n) is 5.40. The number of anilines is 2. The number of rotatable bonds is 6. The van der Waals surface area contributed by atoms with Crippen LogP contribution in [0.2, 0.25) is 0 Å². The Labute approximate surface area is 220 Å². The number of para-hydroxylation sites is 1. The third-order valence-electron chi connectivity index (χ3n) is 7.20. The Morgan fingerprint density at radius 1 is 0.757 bits per heavy atom. The molecule has 6 aromatic rings. The maximum atomic E-state index is 5.10. The molecule has 4 heterocycles. The van der Waals surface area contributed by atoms with E-state index in [-0.39, 0.29) is 0 Å². The van der Waals surface area contributed by atoms with Crippen LogP contribution in [0.3, 0.4) is 0 Å². The Bertz CT molecular complexity index is 1700. The summed E-state index contributed by atoms with van der Waals surface area (Å²) in [6.45, 7) is 3.30. The molecule has 0 saturated heterocycles. The molecule has 1 aliphatic heterocycles. The lowest BCUT2D eigenvalue weighted by Crippen LogP contribution is -2.22. The van der Waals surface area contributed by atoms with E-state index in [1.807, 2.05) is 36.3 Å². The molecule has 7 rings (SSSR count). The van der Waals surface area contributed by atoms with Crippen LogP contribution in [0.4, 0.5) is 11.4 Å². The first kappa shape index (κ1) is 22.3. The normalized spacial score (nSPS) is 12.8. The van der Waals surface area contributed by atoms with E-state index in [0.29, 0.717) is 0 Å². The number of unbranched alkanes of at least 4 members (excludes halogenated alkanes) is 3. The second-order valence-electron chi connectivity index (χ2n) is 9.57. The van der Waals surface area contributed by atoms with Gasteiger partial charge in [-0.1, -0.05) is 50.1 Å². The second-order valence-corrected chi connectivity index (χ2v) is 10.7. The topological polar surface area (TPSA) is 57.7 Å². The quantitative estimate of drug-likeness (QED) is 0.183. The number of hydrogen-bond donors (Lipinski definition) is 1. The van der Waals surface area contributed by atoms with Crippen molar-refractivity contribution in [1.29, 1.82) is 0 Å². The lowest BCUT2D eigenvalue weighted by atomic mass is 10.1. The highest BCUT2D eigenvalue weighted by Gasteiger charge is 2.24. The SMILES string of the molecule is CCCCCCN1c2ccccc2Sc2cc(-c3nc4c5cccnc5c5ncccc5c4[nH]3)ccc21. The molecule has 0 atom stereocenters. The summed E-state index contributed by atoms with van der Waals surface area (Å²) >= 11 is 1.85. The van der Waals surface area contributed by atoms with Crippen molar-refractivity contribution < 1.29 is 0 Å². The molecule has 0 fully saturated rings. The summed E-state index contributed by atoms with van der Waals surface area (Å²) in [5.74, 6) is 0.869. The third-order valence-corrected chi connectivity index (χ3v) is 8.32. The van der Waals surface area contributed by atoms with Crippen LogP contribution in [0.15, 0.2) is 88.9 Å². The summed E-state index contributed by atoms with van der Waals surface area (Å²) in [6, 6.07) is 23.6. The molecule has 182 valence electrons. The molecule has 0 bridgehead atoms. The van der Waals surface area contributed by atoms with Gasteiger partial charge in [0, 0.05) is 45.1 Å². The van der Waals surface area contributed by atoms with E-state index in [9.17, 15) is 0 Å². The number of imidazole rings is 1. The van der Waals surface area contributed by atoms with Crippen LogP contribution in [-0.4, -0.2) is 26.5 Å². The van der Waals surface area contributed by atoms with E-state index in [4.69, 9.17) is 4.98 Å². The molecule has 1 aliphatic rings. The van der Waals surface area contributed by atoms with Crippen LogP contribution in [0, 0.1) is 0 Å². The van der Waals surface area contributed by atoms with Crippen LogP contribution in [-0.2, 0) is 0 Å². The number of aromatic nitrogens is 4. The van der Waals surface area contributed by atoms with Crippen molar-refractivity contribution in [1.82, 2.24) is 19.9 Å². The molecule has 3 aromatic carbocycles. The van der Waals surface area contributed by atoms with Crippen molar-refractivity contribution in [3.05, 3.63) is 79.1 Å². The number of aromatic amines is 1. The number of nitrogens with zero attached hydrogens (tertiary/aromatic N) is 4. The number of benzene rings is 3. The van der Waals surface area contributed by atoms with Crippen LogP contribution < -0.4 is 4.90 Å². The van der Waals surface area contributed by atoms with Gasteiger partial charge in [0.2, 0.25) is 0 Å². The zero-order valence-electron chi connectivity index (χ0n) is 20.7. The number of hydrogen-bond acceptors (Lipinski definition) is 5. The average molecular weight is 502 g/mol. The predicted molar refractivity (Wildman–Crippen MR) is 154 cm³/mol. The molecule has 0 radical (unpaired) electrons. The van der Waals surface area contributed by atoms with Gasteiger partial charge >= 0.3 is 0 Å². The van der Waals surface area contributed by atoms with E-state index in [1.54, 1.807) is 0 Å². The van der Waals surface area contributed by atoms with Gasteiger partial charge in [-0.2, -0.15) is 0 Å². The fraction of sp³-hybridized carbons (Fsp3) is 0.194. The molecule has 1 N–H and O–H groups in total. The highest BCUT2D eigenvalue weighted by molar-refractivity contribution is 7.99. The Morgan fingerprint density at radius 2 is 1.54 bits per heavy atom. The third kappa shape index (κ3) is 3.75. The van der Waals surface area contributed by atoms with Crippen LogP contribution in [0.25, 0.3) is 44.2 Å². The van der Waals surface area contributed by atoms with E-state index in [0.717, 1.165) is 50.8 Å². The van der Waals surface area contributed by atoms with Crippen molar-refractivity contribution in [3.63, 3.8) is 0 Å². The number of pyridine rings is 2. The van der Waals surface area contributed by atoms with Gasteiger partial charge in [0.25, 0.3) is 0 Å². The molecule has 0 amide bonds. The summed E-state index contributed by atoms with van der Waals surface area (Å²) in [4.78, 5) is 23.1. The lowest BCUT2D eigenvalue weighted by molar-refractivity contribution is 0.666.